The molecule has 1 aliphatic rings. The van der Waals surface area contributed by atoms with E-state index in [2.05, 4.69) is 20.1 Å². The molecule has 3 rings (SSSR count). The van der Waals surface area contributed by atoms with Crippen LogP contribution in [0.2, 0.25) is 0 Å². The smallest absolute Gasteiger partial charge is 0.251 e. The molecule has 1 aliphatic heterocycles. The molecule has 7 heteroatoms. The molecule has 0 N–H and O–H groups in total. The number of rotatable bonds is 4. The topological polar surface area (TPSA) is 75.4 Å². The van der Waals surface area contributed by atoms with E-state index < -0.39 is 0 Å². The van der Waals surface area contributed by atoms with Gasteiger partial charge in [-0.05, 0) is 12.1 Å². The van der Waals surface area contributed by atoms with Crippen LogP contribution >= 0.6 is 0 Å². The van der Waals surface area contributed by atoms with Crippen LogP contribution in [0.3, 0.4) is 0 Å². The van der Waals surface area contributed by atoms with Gasteiger partial charge in [0.1, 0.15) is 5.82 Å². The molecule has 1 saturated heterocycles. The molecule has 7 nitrogen and oxygen atoms in total. The third-order valence-electron chi connectivity index (χ3n) is 4.19. The number of nitrogens with zero attached hydrogens (tertiary/aromatic N) is 5. The van der Waals surface area contributed by atoms with Gasteiger partial charge in [0.25, 0.3) is 5.89 Å². The first-order valence-electron chi connectivity index (χ1n) is 8.41. The molecule has 2 aromatic rings. The fourth-order valence-electron chi connectivity index (χ4n) is 2.78. The van der Waals surface area contributed by atoms with Gasteiger partial charge >= 0.3 is 0 Å². The number of hydrogen-bond donors (Lipinski definition) is 0. The van der Waals surface area contributed by atoms with E-state index in [4.69, 9.17) is 4.42 Å². The highest BCUT2D eigenvalue weighted by Gasteiger charge is 2.24. The fourth-order valence-corrected chi connectivity index (χ4v) is 2.78. The Morgan fingerprint density at radius 2 is 2.00 bits per heavy atom. The third kappa shape index (κ3) is 3.25. The van der Waals surface area contributed by atoms with Gasteiger partial charge in [0.2, 0.25) is 11.8 Å². The van der Waals surface area contributed by atoms with Gasteiger partial charge in [0, 0.05) is 44.7 Å². The zero-order chi connectivity index (χ0) is 17.1. The van der Waals surface area contributed by atoms with Crippen molar-refractivity contribution in [3.63, 3.8) is 0 Å². The molecule has 0 aliphatic carbocycles. The van der Waals surface area contributed by atoms with E-state index in [0.717, 1.165) is 24.5 Å². The van der Waals surface area contributed by atoms with Crippen LogP contribution in [0.1, 0.15) is 39.0 Å². The van der Waals surface area contributed by atoms with E-state index in [9.17, 15) is 4.79 Å². The first-order chi connectivity index (χ1) is 11.6. The highest BCUT2D eigenvalue weighted by atomic mass is 16.4. The highest BCUT2D eigenvalue weighted by Crippen LogP contribution is 2.29. The Kier molecular flexibility index (Phi) is 4.78. The Hall–Kier alpha value is -2.44. The van der Waals surface area contributed by atoms with E-state index >= 15 is 0 Å². The van der Waals surface area contributed by atoms with Gasteiger partial charge < -0.3 is 14.2 Å². The lowest BCUT2D eigenvalue weighted by molar-refractivity contribution is -0.131. The van der Waals surface area contributed by atoms with Crippen molar-refractivity contribution in [1.82, 2.24) is 20.1 Å². The lowest BCUT2D eigenvalue weighted by atomic mass is 10.2. The minimum absolute atomic E-state index is 0.190. The highest BCUT2D eigenvalue weighted by molar-refractivity contribution is 5.76. The maximum atomic E-state index is 11.8. The lowest BCUT2D eigenvalue weighted by Crippen LogP contribution is -2.49. The summed E-state index contributed by atoms with van der Waals surface area (Å²) in [5.41, 5.74) is 0.840. The van der Waals surface area contributed by atoms with Gasteiger partial charge in [-0.3, -0.25) is 4.79 Å². The minimum atomic E-state index is 0.190. The van der Waals surface area contributed by atoms with Gasteiger partial charge in [-0.15, -0.1) is 10.2 Å². The SMILES string of the molecule is CCC(=O)N1CCN(c2ncccc2-c2nnc(C(C)C)o2)CC1. The average Bonchev–Trinajstić information content (AvgIpc) is 3.11. The van der Waals surface area contributed by atoms with Crippen LogP contribution in [0.25, 0.3) is 11.5 Å². The van der Waals surface area contributed by atoms with E-state index in [-0.39, 0.29) is 11.8 Å². The van der Waals surface area contributed by atoms with Crippen LogP contribution in [-0.4, -0.2) is 52.2 Å². The van der Waals surface area contributed by atoms with Crippen LogP contribution in [0.4, 0.5) is 5.82 Å². The number of carbonyl (C=O) groups is 1. The molecule has 0 saturated carbocycles. The maximum Gasteiger partial charge on any atom is 0.251 e. The molecule has 0 unspecified atom stereocenters. The first kappa shape index (κ1) is 16.4. The van der Waals surface area contributed by atoms with Crippen molar-refractivity contribution >= 4 is 11.7 Å². The Morgan fingerprint density at radius 1 is 1.25 bits per heavy atom. The molecule has 2 aromatic heterocycles. The zero-order valence-corrected chi connectivity index (χ0v) is 14.4. The molecular formula is C17H23N5O2. The van der Waals surface area contributed by atoms with Gasteiger partial charge in [-0.1, -0.05) is 20.8 Å². The first-order valence-corrected chi connectivity index (χ1v) is 8.41. The summed E-state index contributed by atoms with van der Waals surface area (Å²) in [5, 5.41) is 8.28. The summed E-state index contributed by atoms with van der Waals surface area (Å²) < 4.78 is 5.79. The second-order valence-corrected chi connectivity index (χ2v) is 6.20. The molecule has 0 radical (unpaired) electrons. The Bertz CT molecular complexity index is 705. The third-order valence-corrected chi connectivity index (χ3v) is 4.19. The van der Waals surface area contributed by atoms with Crippen molar-refractivity contribution in [1.29, 1.82) is 0 Å². The Balaban J connectivity index is 1.81. The van der Waals surface area contributed by atoms with E-state index in [1.807, 2.05) is 37.8 Å². The number of hydrogen-bond acceptors (Lipinski definition) is 6. The number of anilines is 1. The van der Waals surface area contributed by atoms with Crippen LogP contribution < -0.4 is 4.90 Å². The monoisotopic (exact) mass is 329 g/mol. The summed E-state index contributed by atoms with van der Waals surface area (Å²) >= 11 is 0. The molecule has 3 heterocycles. The Morgan fingerprint density at radius 3 is 2.62 bits per heavy atom. The number of carbonyl (C=O) groups excluding carboxylic acids is 1. The molecular weight excluding hydrogens is 306 g/mol. The summed E-state index contributed by atoms with van der Waals surface area (Å²) in [4.78, 5) is 20.4. The second-order valence-electron chi connectivity index (χ2n) is 6.20. The largest absolute Gasteiger partial charge is 0.420 e. The molecule has 0 atom stereocenters. The molecule has 0 aromatic carbocycles. The van der Waals surface area contributed by atoms with Crippen molar-refractivity contribution in [2.75, 3.05) is 31.1 Å². The molecule has 1 fully saturated rings. The quantitative estimate of drug-likeness (QED) is 0.857. The summed E-state index contributed by atoms with van der Waals surface area (Å²) in [5.74, 6) is 2.34. The molecule has 1 amide bonds. The van der Waals surface area contributed by atoms with Crippen LogP contribution in [-0.2, 0) is 4.79 Å². The van der Waals surface area contributed by atoms with Crippen molar-refractivity contribution < 1.29 is 9.21 Å². The van der Waals surface area contributed by atoms with Crippen LogP contribution in [0.5, 0.6) is 0 Å². The van der Waals surface area contributed by atoms with Crippen molar-refractivity contribution in [3.05, 3.63) is 24.2 Å². The predicted octanol–water partition coefficient (Wildman–Crippen LogP) is 2.31. The Labute approximate surface area is 141 Å². The normalized spacial score (nSPS) is 15.2. The van der Waals surface area contributed by atoms with E-state index in [1.165, 1.54) is 0 Å². The van der Waals surface area contributed by atoms with Gasteiger partial charge in [0.15, 0.2) is 0 Å². The second kappa shape index (κ2) is 6.98. The summed E-state index contributed by atoms with van der Waals surface area (Å²) in [6.07, 6.45) is 2.32. The van der Waals surface area contributed by atoms with Crippen LogP contribution in [0, 0.1) is 0 Å². The van der Waals surface area contributed by atoms with Gasteiger partial charge in [-0.25, -0.2) is 4.98 Å². The van der Waals surface area contributed by atoms with Gasteiger partial charge in [-0.2, -0.15) is 0 Å². The fraction of sp³-hybridized carbons (Fsp3) is 0.529. The molecule has 128 valence electrons. The zero-order valence-electron chi connectivity index (χ0n) is 14.4. The summed E-state index contributed by atoms with van der Waals surface area (Å²) in [6.45, 7) is 8.86. The molecule has 24 heavy (non-hydrogen) atoms. The summed E-state index contributed by atoms with van der Waals surface area (Å²) in [7, 11) is 0. The van der Waals surface area contributed by atoms with Crippen molar-refractivity contribution in [2.24, 2.45) is 0 Å². The lowest BCUT2D eigenvalue weighted by Gasteiger charge is -2.35. The number of aromatic nitrogens is 3. The van der Waals surface area contributed by atoms with Crippen LogP contribution in [0.15, 0.2) is 22.7 Å². The minimum Gasteiger partial charge on any atom is -0.420 e. The number of amides is 1. The van der Waals surface area contributed by atoms with E-state index in [1.54, 1.807) is 6.20 Å². The summed E-state index contributed by atoms with van der Waals surface area (Å²) in [6, 6.07) is 3.82. The maximum absolute atomic E-state index is 11.8. The molecule has 0 spiro atoms. The van der Waals surface area contributed by atoms with E-state index in [0.29, 0.717) is 31.3 Å². The number of pyridine rings is 1. The predicted molar refractivity (Wildman–Crippen MR) is 90.7 cm³/mol. The standard InChI is InChI=1S/C17H23N5O2/c1-4-14(23)21-8-10-22(11-9-21)15-13(6-5-7-18-15)17-20-19-16(24-17)12(2)3/h5-7,12H,4,8-11H2,1-3H3. The van der Waals surface area contributed by atoms with Crippen molar-refractivity contribution in [2.45, 2.75) is 33.1 Å². The van der Waals surface area contributed by atoms with Gasteiger partial charge in [0.05, 0.1) is 5.56 Å². The van der Waals surface area contributed by atoms with Crippen molar-refractivity contribution in [3.8, 4) is 11.5 Å². The number of piperazine rings is 1. The average molecular weight is 329 g/mol. The molecule has 0 bridgehead atoms.